The van der Waals surface area contributed by atoms with Crippen LogP contribution in [0.4, 0.5) is 11.4 Å². The van der Waals surface area contributed by atoms with Crippen molar-refractivity contribution < 1.29 is 14.3 Å². The van der Waals surface area contributed by atoms with Crippen LogP contribution in [-0.4, -0.2) is 44.5 Å². The number of likely N-dealkylation sites (N-methyl/N-ethyl adjacent to an activating group) is 1. The van der Waals surface area contributed by atoms with Crippen molar-refractivity contribution in [1.82, 2.24) is 0 Å². The van der Waals surface area contributed by atoms with Crippen LogP contribution in [0.15, 0.2) is 18.2 Å². The van der Waals surface area contributed by atoms with Gasteiger partial charge in [-0.25, -0.2) is 0 Å². The highest BCUT2D eigenvalue weighted by Gasteiger charge is 2.35. The Morgan fingerprint density at radius 2 is 2.05 bits per heavy atom. The van der Waals surface area contributed by atoms with Crippen molar-refractivity contribution in [3.8, 4) is 0 Å². The van der Waals surface area contributed by atoms with E-state index >= 15 is 0 Å². The normalized spacial score (nSPS) is 25.5. The Morgan fingerprint density at radius 1 is 1.29 bits per heavy atom. The fourth-order valence-electron chi connectivity index (χ4n) is 3.16. The lowest BCUT2D eigenvalue weighted by molar-refractivity contribution is -0.114. The Hall–Kier alpha value is -1.88. The van der Waals surface area contributed by atoms with Gasteiger partial charge < -0.3 is 14.5 Å². The second-order valence-electron chi connectivity index (χ2n) is 6.07. The Bertz CT molecular complexity index is 614. The van der Waals surface area contributed by atoms with Crippen molar-refractivity contribution >= 4 is 23.1 Å². The molecule has 5 heteroatoms. The molecular formula is C16H20N2O3. The number of ether oxygens (including phenoxy) is 1. The first kappa shape index (κ1) is 14.1. The molecule has 0 N–H and O–H groups in total. The van der Waals surface area contributed by atoms with E-state index in [1.807, 2.05) is 12.1 Å². The number of hydrogen-bond donors (Lipinski definition) is 0. The average molecular weight is 288 g/mol. The molecule has 1 aromatic rings. The molecule has 1 atom stereocenters. The summed E-state index contributed by atoms with van der Waals surface area (Å²) in [6, 6.07) is 5.61. The van der Waals surface area contributed by atoms with E-state index in [4.69, 9.17) is 4.74 Å². The number of rotatable bonds is 2. The fraction of sp³-hybridized carbons (Fsp3) is 0.500. The zero-order chi connectivity index (χ0) is 15.2. The smallest absolute Gasteiger partial charge is 0.299 e. The molecule has 2 heterocycles. The number of Topliss-reactive ketones (excluding diaryl/α,β-unsaturated/α-hetero) is 1. The first-order valence-electron chi connectivity index (χ1n) is 7.22. The van der Waals surface area contributed by atoms with E-state index in [0.717, 1.165) is 31.6 Å². The number of methoxy groups -OCH3 is 1. The lowest BCUT2D eigenvalue weighted by atomic mass is 9.94. The van der Waals surface area contributed by atoms with Gasteiger partial charge in [-0.2, -0.15) is 0 Å². The number of fused-ring (bicyclic) bond motifs is 1. The number of benzene rings is 1. The van der Waals surface area contributed by atoms with Gasteiger partial charge in [0.05, 0.1) is 16.9 Å². The molecule has 1 saturated heterocycles. The van der Waals surface area contributed by atoms with Gasteiger partial charge in [-0.1, -0.05) is 0 Å². The molecule has 1 fully saturated rings. The van der Waals surface area contributed by atoms with Crippen molar-refractivity contribution in [3.05, 3.63) is 23.8 Å². The molecule has 0 spiro atoms. The van der Waals surface area contributed by atoms with Gasteiger partial charge in [-0.15, -0.1) is 0 Å². The number of ketones is 1. The summed E-state index contributed by atoms with van der Waals surface area (Å²) < 4.78 is 5.62. The molecule has 21 heavy (non-hydrogen) atoms. The summed E-state index contributed by atoms with van der Waals surface area (Å²) in [5.41, 5.74) is 2.09. The summed E-state index contributed by atoms with van der Waals surface area (Å²) in [4.78, 5) is 27.3. The van der Waals surface area contributed by atoms with Gasteiger partial charge in [0.2, 0.25) is 0 Å². The zero-order valence-corrected chi connectivity index (χ0v) is 12.7. The predicted octanol–water partition coefficient (Wildman–Crippen LogP) is 1.85. The number of amides is 1. The summed E-state index contributed by atoms with van der Waals surface area (Å²) in [7, 11) is 3.39. The molecule has 0 bridgehead atoms. The minimum atomic E-state index is -0.456. The molecule has 1 unspecified atom stereocenters. The predicted molar refractivity (Wildman–Crippen MR) is 81.0 cm³/mol. The van der Waals surface area contributed by atoms with Gasteiger partial charge in [0.15, 0.2) is 0 Å². The lowest BCUT2D eigenvalue weighted by Gasteiger charge is -2.40. The van der Waals surface area contributed by atoms with E-state index in [2.05, 4.69) is 11.8 Å². The molecule has 3 rings (SSSR count). The average Bonchev–Trinajstić information content (AvgIpc) is 2.72. The monoisotopic (exact) mass is 288 g/mol. The van der Waals surface area contributed by atoms with E-state index in [9.17, 15) is 9.59 Å². The van der Waals surface area contributed by atoms with Crippen LogP contribution in [0.3, 0.4) is 0 Å². The van der Waals surface area contributed by atoms with Crippen molar-refractivity contribution in [1.29, 1.82) is 0 Å². The molecule has 1 aromatic carbocycles. The van der Waals surface area contributed by atoms with Gasteiger partial charge in [0, 0.05) is 32.9 Å². The van der Waals surface area contributed by atoms with Gasteiger partial charge in [0.25, 0.3) is 11.7 Å². The molecule has 2 aliphatic heterocycles. The Labute approximate surface area is 124 Å². The first-order chi connectivity index (χ1) is 9.95. The molecule has 1 amide bonds. The Morgan fingerprint density at radius 3 is 2.76 bits per heavy atom. The molecule has 5 nitrogen and oxygen atoms in total. The van der Waals surface area contributed by atoms with Crippen molar-refractivity contribution in [2.45, 2.75) is 25.4 Å². The SMILES string of the molecule is COC1(C)CCCN(c2ccc3c(c2)N(C)C(=O)C3=O)C1. The third kappa shape index (κ3) is 2.21. The van der Waals surface area contributed by atoms with E-state index in [0.29, 0.717) is 11.3 Å². The minimum absolute atomic E-state index is 0.144. The van der Waals surface area contributed by atoms with Crippen LogP contribution >= 0.6 is 0 Å². The quantitative estimate of drug-likeness (QED) is 0.779. The lowest BCUT2D eigenvalue weighted by Crippen LogP contribution is -2.47. The number of carbonyl (C=O) groups is 2. The zero-order valence-electron chi connectivity index (χ0n) is 12.7. The van der Waals surface area contributed by atoms with Gasteiger partial charge in [0.1, 0.15) is 0 Å². The maximum Gasteiger partial charge on any atom is 0.299 e. The van der Waals surface area contributed by atoms with E-state index in [1.165, 1.54) is 4.90 Å². The van der Waals surface area contributed by atoms with Crippen LogP contribution in [0, 0.1) is 0 Å². The maximum atomic E-state index is 11.8. The number of piperidine rings is 1. The topological polar surface area (TPSA) is 49.9 Å². The summed E-state index contributed by atoms with van der Waals surface area (Å²) in [5.74, 6) is -0.873. The van der Waals surface area contributed by atoms with E-state index in [1.54, 1.807) is 20.2 Å². The van der Waals surface area contributed by atoms with Crippen molar-refractivity contribution in [2.75, 3.05) is 37.0 Å². The first-order valence-corrected chi connectivity index (χ1v) is 7.22. The van der Waals surface area contributed by atoms with Crippen LogP contribution in [-0.2, 0) is 9.53 Å². The van der Waals surface area contributed by atoms with Gasteiger partial charge >= 0.3 is 0 Å². The molecule has 2 aliphatic rings. The van der Waals surface area contributed by atoms with Crippen molar-refractivity contribution in [2.24, 2.45) is 0 Å². The fourth-order valence-corrected chi connectivity index (χ4v) is 3.16. The Kier molecular flexibility index (Phi) is 3.24. The highest BCUT2D eigenvalue weighted by Crippen LogP contribution is 2.34. The summed E-state index contributed by atoms with van der Waals surface area (Å²) in [6.07, 6.45) is 2.11. The van der Waals surface area contributed by atoms with Gasteiger partial charge in [-0.3, -0.25) is 9.59 Å². The molecule has 0 aliphatic carbocycles. The number of carbonyl (C=O) groups excluding carboxylic acids is 2. The molecule has 0 saturated carbocycles. The third-order valence-electron chi connectivity index (χ3n) is 4.60. The van der Waals surface area contributed by atoms with E-state index in [-0.39, 0.29) is 5.60 Å². The molecule has 0 radical (unpaired) electrons. The summed E-state index contributed by atoms with van der Waals surface area (Å²) in [6.45, 7) is 3.89. The van der Waals surface area contributed by atoms with Crippen molar-refractivity contribution in [3.63, 3.8) is 0 Å². The van der Waals surface area contributed by atoms with Crippen LogP contribution in [0.2, 0.25) is 0 Å². The number of hydrogen-bond acceptors (Lipinski definition) is 4. The standard InChI is InChI=1S/C16H20N2O3/c1-16(21-3)7-4-8-18(10-16)11-5-6-12-13(9-11)17(2)15(20)14(12)19/h5-6,9H,4,7-8,10H2,1-3H3. The summed E-state index contributed by atoms with van der Waals surface area (Å²) in [5, 5.41) is 0. The second-order valence-corrected chi connectivity index (χ2v) is 6.07. The molecular weight excluding hydrogens is 268 g/mol. The van der Waals surface area contributed by atoms with Crippen LogP contribution in [0.5, 0.6) is 0 Å². The molecule has 0 aromatic heterocycles. The number of nitrogens with zero attached hydrogens (tertiary/aromatic N) is 2. The Balaban J connectivity index is 1.92. The highest BCUT2D eigenvalue weighted by atomic mass is 16.5. The van der Waals surface area contributed by atoms with Crippen LogP contribution in [0.25, 0.3) is 0 Å². The minimum Gasteiger partial charge on any atom is -0.377 e. The highest BCUT2D eigenvalue weighted by molar-refractivity contribution is 6.52. The molecule has 112 valence electrons. The van der Waals surface area contributed by atoms with Gasteiger partial charge in [-0.05, 0) is 38.0 Å². The van der Waals surface area contributed by atoms with Crippen LogP contribution in [0.1, 0.15) is 30.1 Å². The third-order valence-corrected chi connectivity index (χ3v) is 4.60. The number of anilines is 2. The van der Waals surface area contributed by atoms with Crippen LogP contribution < -0.4 is 9.80 Å². The largest absolute Gasteiger partial charge is 0.377 e. The summed E-state index contributed by atoms with van der Waals surface area (Å²) >= 11 is 0. The maximum absolute atomic E-state index is 11.8. The second kappa shape index (κ2) is 4.84. The van der Waals surface area contributed by atoms with E-state index < -0.39 is 11.7 Å².